The van der Waals surface area contributed by atoms with Crippen molar-refractivity contribution in [2.45, 2.75) is 33.6 Å². The van der Waals surface area contributed by atoms with Gasteiger partial charge in [-0.25, -0.2) is 4.99 Å². The summed E-state index contributed by atoms with van der Waals surface area (Å²) in [6.07, 6.45) is 4.37. The molecule has 0 aliphatic heterocycles. The molecule has 11 heavy (non-hydrogen) atoms. The van der Waals surface area contributed by atoms with Crippen molar-refractivity contribution in [3.8, 4) is 0 Å². The fourth-order valence-electron chi connectivity index (χ4n) is 0.693. The molecule has 0 aliphatic rings. The normalized spacial score (nSPS) is 13.5. The first kappa shape index (κ1) is 10.2. The molecule has 0 aromatic rings. The number of aliphatic imine (C=N–C) groups is 1. The minimum Gasteiger partial charge on any atom is -0.484 e. The van der Waals surface area contributed by atoms with Crippen molar-refractivity contribution in [2.24, 2.45) is 4.99 Å². The Hall–Kier alpha value is -0.790. The molecule has 0 fully saturated rings. The van der Waals surface area contributed by atoms with Gasteiger partial charge in [0.15, 0.2) is 5.90 Å². The van der Waals surface area contributed by atoms with Crippen LogP contribution in [-0.2, 0) is 4.74 Å². The molecule has 2 heteroatoms. The molecule has 0 aromatic heterocycles. The summed E-state index contributed by atoms with van der Waals surface area (Å²) in [5, 5.41) is 0. The second-order valence-corrected chi connectivity index (χ2v) is 2.47. The van der Waals surface area contributed by atoms with E-state index in [0.717, 1.165) is 18.0 Å². The average Bonchev–Trinajstić information content (AvgIpc) is 2.00. The maximum Gasteiger partial charge on any atom is 0.184 e. The molecule has 0 rings (SSSR count). The number of rotatable bonds is 3. The second-order valence-electron chi connectivity index (χ2n) is 2.47. The van der Waals surface area contributed by atoms with Crippen LogP contribution in [0.3, 0.4) is 0 Å². The van der Waals surface area contributed by atoms with Crippen LogP contribution in [-0.4, -0.2) is 13.0 Å². The van der Waals surface area contributed by atoms with Crippen LogP contribution in [0.5, 0.6) is 0 Å². The van der Waals surface area contributed by atoms with Gasteiger partial charge in [-0.2, -0.15) is 0 Å². The zero-order valence-electron chi connectivity index (χ0n) is 7.85. The molecule has 0 amide bonds. The Bertz CT molecular complexity index is 159. The molecule has 64 valence electrons. The van der Waals surface area contributed by atoms with Gasteiger partial charge in [-0.05, 0) is 13.3 Å². The van der Waals surface area contributed by atoms with Gasteiger partial charge in [-0.15, -0.1) is 0 Å². The quantitative estimate of drug-likeness (QED) is 0.453. The van der Waals surface area contributed by atoms with E-state index in [4.69, 9.17) is 4.74 Å². The van der Waals surface area contributed by atoms with Gasteiger partial charge in [0.25, 0.3) is 0 Å². The van der Waals surface area contributed by atoms with Gasteiger partial charge >= 0.3 is 0 Å². The molecule has 0 aliphatic carbocycles. The van der Waals surface area contributed by atoms with E-state index in [1.807, 2.05) is 13.8 Å². The Labute approximate surface area is 69.0 Å². The summed E-state index contributed by atoms with van der Waals surface area (Å²) in [5.41, 5.74) is 1.03. The van der Waals surface area contributed by atoms with Crippen molar-refractivity contribution in [3.05, 3.63) is 11.8 Å². The van der Waals surface area contributed by atoms with Crippen molar-refractivity contribution < 1.29 is 4.74 Å². The lowest BCUT2D eigenvalue weighted by Gasteiger charge is -1.97. The summed E-state index contributed by atoms with van der Waals surface area (Å²) in [4.78, 5) is 4.19. The van der Waals surface area contributed by atoms with E-state index in [1.165, 1.54) is 6.42 Å². The average molecular weight is 155 g/mol. The van der Waals surface area contributed by atoms with Crippen LogP contribution in [0.4, 0.5) is 0 Å². The Morgan fingerprint density at radius 3 is 2.55 bits per heavy atom. The number of hydrogen-bond donors (Lipinski definition) is 0. The van der Waals surface area contributed by atoms with Crippen LogP contribution in [0.1, 0.15) is 33.6 Å². The minimum atomic E-state index is 0.717. The topological polar surface area (TPSA) is 21.6 Å². The summed E-state index contributed by atoms with van der Waals surface area (Å²) in [7, 11) is 1.63. The van der Waals surface area contributed by atoms with E-state index in [2.05, 4.69) is 18.0 Å². The standard InChI is InChI=1S/C9H17NO/c1-5-6-7-8(2)10-9(3)11-4/h7H,5-6H2,1-4H3/b8-7+,10-9-. The van der Waals surface area contributed by atoms with Gasteiger partial charge in [-0.1, -0.05) is 19.4 Å². The van der Waals surface area contributed by atoms with Gasteiger partial charge < -0.3 is 4.74 Å². The van der Waals surface area contributed by atoms with Gasteiger partial charge in [0, 0.05) is 12.6 Å². The van der Waals surface area contributed by atoms with Crippen molar-refractivity contribution in [3.63, 3.8) is 0 Å². The lowest BCUT2D eigenvalue weighted by Crippen LogP contribution is -1.93. The van der Waals surface area contributed by atoms with Gasteiger partial charge in [0.1, 0.15) is 0 Å². The smallest absolute Gasteiger partial charge is 0.184 e. The van der Waals surface area contributed by atoms with E-state index < -0.39 is 0 Å². The first-order valence-electron chi connectivity index (χ1n) is 3.96. The van der Waals surface area contributed by atoms with Crippen LogP contribution in [0, 0.1) is 0 Å². The first-order valence-corrected chi connectivity index (χ1v) is 3.96. The SMILES string of the molecule is CCC/C=C(C)/N=C(/C)OC. The highest BCUT2D eigenvalue weighted by atomic mass is 16.5. The predicted octanol–water partition coefficient (Wildman–Crippen LogP) is 2.76. The number of allylic oxidation sites excluding steroid dienone is 2. The maximum absolute atomic E-state index is 4.91. The molecule has 0 spiro atoms. The molecule has 0 radical (unpaired) electrons. The number of nitrogens with zero attached hydrogens (tertiary/aromatic N) is 1. The Morgan fingerprint density at radius 1 is 1.45 bits per heavy atom. The lowest BCUT2D eigenvalue weighted by atomic mass is 10.3. The maximum atomic E-state index is 4.91. The van der Waals surface area contributed by atoms with Gasteiger partial charge in [-0.3, -0.25) is 0 Å². The Kier molecular flexibility index (Phi) is 5.53. The van der Waals surface area contributed by atoms with Crippen LogP contribution in [0.25, 0.3) is 0 Å². The first-order chi connectivity index (χ1) is 5.20. The largest absolute Gasteiger partial charge is 0.484 e. The summed E-state index contributed by atoms with van der Waals surface area (Å²) < 4.78 is 4.91. The molecule has 0 heterocycles. The van der Waals surface area contributed by atoms with E-state index in [9.17, 15) is 0 Å². The molecule has 2 nitrogen and oxygen atoms in total. The van der Waals surface area contributed by atoms with E-state index >= 15 is 0 Å². The third-order valence-corrected chi connectivity index (χ3v) is 1.36. The monoisotopic (exact) mass is 155 g/mol. The van der Waals surface area contributed by atoms with E-state index in [-0.39, 0.29) is 0 Å². The minimum absolute atomic E-state index is 0.717. The Balaban J connectivity index is 3.93. The van der Waals surface area contributed by atoms with E-state index in [1.54, 1.807) is 7.11 Å². The highest BCUT2D eigenvalue weighted by molar-refractivity contribution is 5.74. The van der Waals surface area contributed by atoms with Crippen molar-refractivity contribution >= 4 is 5.90 Å². The number of hydrogen-bond acceptors (Lipinski definition) is 2. The van der Waals surface area contributed by atoms with Crippen molar-refractivity contribution in [1.82, 2.24) is 0 Å². The molecule has 0 N–H and O–H groups in total. The molecule has 0 saturated heterocycles. The van der Waals surface area contributed by atoms with Crippen LogP contribution in [0.15, 0.2) is 16.8 Å². The summed E-state index contributed by atoms with van der Waals surface area (Å²) in [5.74, 6) is 0.717. The number of methoxy groups -OCH3 is 1. The third-order valence-electron chi connectivity index (χ3n) is 1.36. The zero-order valence-corrected chi connectivity index (χ0v) is 7.85. The van der Waals surface area contributed by atoms with Crippen LogP contribution in [0.2, 0.25) is 0 Å². The molecular weight excluding hydrogens is 138 g/mol. The highest BCUT2D eigenvalue weighted by Crippen LogP contribution is 2.00. The Morgan fingerprint density at radius 2 is 2.09 bits per heavy atom. The fourth-order valence-corrected chi connectivity index (χ4v) is 0.693. The molecule has 0 saturated carbocycles. The summed E-state index contributed by atoms with van der Waals surface area (Å²) in [6, 6.07) is 0. The third kappa shape index (κ3) is 5.64. The zero-order chi connectivity index (χ0) is 8.69. The molecule has 0 bridgehead atoms. The predicted molar refractivity (Wildman–Crippen MR) is 48.8 cm³/mol. The molecular formula is C9H17NO. The fraction of sp³-hybridized carbons (Fsp3) is 0.667. The summed E-state index contributed by atoms with van der Waals surface area (Å²) >= 11 is 0. The highest BCUT2D eigenvalue weighted by Gasteiger charge is 1.87. The molecule has 0 unspecified atom stereocenters. The van der Waals surface area contributed by atoms with Crippen LogP contribution >= 0.6 is 0 Å². The molecule has 0 aromatic carbocycles. The van der Waals surface area contributed by atoms with Crippen molar-refractivity contribution in [1.29, 1.82) is 0 Å². The second kappa shape index (κ2) is 5.96. The van der Waals surface area contributed by atoms with Gasteiger partial charge in [0.05, 0.1) is 7.11 Å². The lowest BCUT2D eigenvalue weighted by molar-refractivity contribution is 0.399. The number of ether oxygens (including phenoxy) is 1. The summed E-state index contributed by atoms with van der Waals surface area (Å²) in [6.45, 7) is 5.98. The number of unbranched alkanes of at least 4 members (excludes halogenated alkanes) is 1. The van der Waals surface area contributed by atoms with E-state index in [0.29, 0.717) is 0 Å². The van der Waals surface area contributed by atoms with Gasteiger partial charge in [0.2, 0.25) is 0 Å². The van der Waals surface area contributed by atoms with Crippen LogP contribution < -0.4 is 0 Å². The molecule has 0 atom stereocenters. The van der Waals surface area contributed by atoms with Crippen molar-refractivity contribution in [2.75, 3.05) is 7.11 Å².